The molecule has 0 aliphatic carbocycles. The fourth-order valence-electron chi connectivity index (χ4n) is 3.05. The first-order valence-electron chi connectivity index (χ1n) is 9.06. The first-order chi connectivity index (χ1) is 13.8. The predicted octanol–water partition coefficient (Wildman–Crippen LogP) is 4.30. The number of para-hydroxylation sites is 1. The summed E-state index contributed by atoms with van der Waals surface area (Å²) in [6.45, 7) is 5.38. The van der Waals surface area contributed by atoms with Crippen molar-refractivity contribution in [3.05, 3.63) is 63.6 Å². The highest BCUT2D eigenvalue weighted by atomic mass is 32.2. The molecule has 29 heavy (non-hydrogen) atoms. The van der Waals surface area contributed by atoms with Crippen molar-refractivity contribution in [3.63, 3.8) is 0 Å². The molecule has 1 aliphatic heterocycles. The van der Waals surface area contributed by atoms with Gasteiger partial charge in [-0.2, -0.15) is 0 Å². The number of carbonyl (C=O) groups is 3. The number of hydrogen-bond acceptors (Lipinski definition) is 5. The van der Waals surface area contributed by atoms with Crippen LogP contribution in [0.15, 0.2) is 41.3 Å². The van der Waals surface area contributed by atoms with Crippen molar-refractivity contribution in [2.24, 2.45) is 0 Å². The molecular weight excluding hydrogens is 388 g/mol. The molecule has 2 aromatic rings. The second kappa shape index (κ2) is 8.53. The van der Waals surface area contributed by atoms with Gasteiger partial charge in [0, 0.05) is 5.69 Å². The second-order valence-electron chi connectivity index (χ2n) is 6.81. The van der Waals surface area contributed by atoms with Crippen LogP contribution in [0, 0.1) is 20.8 Å². The van der Waals surface area contributed by atoms with Crippen molar-refractivity contribution in [1.29, 1.82) is 0 Å². The van der Waals surface area contributed by atoms with Crippen molar-refractivity contribution >= 4 is 40.6 Å². The number of thioether (sulfide) groups is 1. The number of nitrogens with one attached hydrogen (secondary N) is 1. The number of carbonyl (C=O) groups excluding carboxylic acids is 3. The molecule has 0 bridgehead atoms. The molecule has 3 amide bonds. The number of imide groups is 1. The van der Waals surface area contributed by atoms with E-state index in [1.165, 1.54) is 0 Å². The fourth-order valence-corrected chi connectivity index (χ4v) is 3.89. The number of amides is 3. The Hall–Kier alpha value is -3.06. The molecule has 7 heteroatoms. The van der Waals surface area contributed by atoms with Crippen LogP contribution in [0.3, 0.4) is 0 Å². The summed E-state index contributed by atoms with van der Waals surface area (Å²) in [4.78, 5) is 38.7. The van der Waals surface area contributed by atoms with Crippen LogP contribution in [0.5, 0.6) is 5.75 Å². The van der Waals surface area contributed by atoms with Gasteiger partial charge in [-0.15, -0.1) is 0 Å². The second-order valence-corrected chi connectivity index (χ2v) is 7.81. The van der Waals surface area contributed by atoms with Gasteiger partial charge >= 0.3 is 0 Å². The molecule has 0 spiro atoms. The standard InChI is InChI=1S/C22H22N2O4S/c1-13-8-9-16(10-17(13)28-4)11-18-21(26)24(22(27)29-18)12-19(25)23-20-14(2)6-5-7-15(20)3/h5-11H,12H2,1-4H3,(H,23,25)/b18-11+. The van der Waals surface area contributed by atoms with Crippen LogP contribution < -0.4 is 10.1 Å². The normalized spacial score (nSPS) is 15.2. The average Bonchev–Trinajstić information content (AvgIpc) is 2.93. The molecule has 0 aromatic heterocycles. The maximum atomic E-state index is 12.7. The highest BCUT2D eigenvalue weighted by Crippen LogP contribution is 2.33. The largest absolute Gasteiger partial charge is 0.496 e. The van der Waals surface area contributed by atoms with Crippen LogP contribution in [0.25, 0.3) is 6.08 Å². The maximum Gasteiger partial charge on any atom is 0.294 e. The summed E-state index contributed by atoms with van der Waals surface area (Å²) < 4.78 is 5.30. The Morgan fingerprint density at radius 1 is 1.10 bits per heavy atom. The minimum Gasteiger partial charge on any atom is -0.496 e. The Kier molecular flexibility index (Phi) is 6.08. The quantitative estimate of drug-likeness (QED) is 0.744. The Bertz CT molecular complexity index is 1010. The topological polar surface area (TPSA) is 75.7 Å². The number of rotatable bonds is 5. The lowest BCUT2D eigenvalue weighted by Gasteiger charge is -2.15. The highest BCUT2D eigenvalue weighted by Gasteiger charge is 2.36. The number of ether oxygens (including phenoxy) is 1. The third-order valence-electron chi connectivity index (χ3n) is 4.65. The number of methoxy groups -OCH3 is 1. The first-order valence-corrected chi connectivity index (χ1v) is 9.88. The van der Waals surface area contributed by atoms with Crippen LogP contribution in [-0.2, 0) is 9.59 Å². The Morgan fingerprint density at radius 2 is 1.79 bits per heavy atom. The molecule has 0 atom stereocenters. The average molecular weight is 410 g/mol. The molecule has 0 unspecified atom stereocenters. The van der Waals surface area contributed by atoms with Gasteiger partial charge in [0.15, 0.2) is 0 Å². The summed E-state index contributed by atoms with van der Waals surface area (Å²) in [6.07, 6.45) is 1.64. The molecule has 1 heterocycles. The van der Waals surface area contributed by atoms with Crippen LogP contribution >= 0.6 is 11.8 Å². The molecule has 6 nitrogen and oxygen atoms in total. The van der Waals surface area contributed by atoms with Crippen molar-refractivity contribution in [3.8, 4) is 5.75 Å². The molecule has 3 rings (SSSR count). The van der Waals surface area contributed by atoms with Crippen LogP contribution in [-0.4, -0.2) is 35.6 Å². The van der Waals surface area contributed by atoms with E-state index < -0.39 is 17.1 Å². The lowest BCUT2D eigenvalue weighted by atomic mass is 10.1. The summed E-state index contributed by atoms with van der Waals surface area (Å²) >= 11 is 0.827. The molecular formula is C22H22N2O4S. The molecule has 1 N–H and O–H groups in total. The van der Waals surface area contributed by atoms with E-state index in [0.29, 0.717) is 11.4 Å². The third-order valence-corrected chi connectivity index (χ3v) is 5.56. The van der Waals surface area contributed by atoms with E-state index in [9.17, 15) is 14.4 Å². The number of nitrogens with zero attached hydrogens (tertiary/aromatic N) is 1. The van der Waals surface area contributed by atoms with Crippen molar-refractivity contribution in [1.82, 2.24) is 4.90 Å². The van der Waals surface area contributed by atoms with Gasteiger partial charge in [0.25, 0.3) is 11.1 Å². The molecule has 1 aliphatic rings. The summed E-state index contributed by atoms with van der Waals surface area (Å²) in [5, 5.41) is 2.34. The van der Waals surface area contributed by atoms with Crippen LogP contribution in [0.1, 0.15) is 22.3 Å². The molecule has 0 radical (unpaired) electrons. The highest BCUT2D eigenvalue weighted by molar-refractivity contribution is 8.18. The third kappa shape index (κ3) is 4.51. The first kappa shape index (κ1) is 20.7. The zero-order valence-electron chi connectivity index (χ0n) is 16.7. The van der Waals surface area contributed by atoms with Gasteiger partial charge in [0.2, 0.25) is 5.91 Å². The number of anilines is 1. The molecule has 1 saturated heterocycles. The van der Waals surface area contributed by atoms with Crippen molar-refractivity contribution in [2.75, 3.05) is 19.0 Å². The number of hydrogen-bond donors (Lipinski definition) is 1. The zero-order chi connectivity index (χ0) is 21.1. The van der Waals surface area contributed by atoms with E-state index in [0.717, 1.165) is 38.9 Å². The SMILES string of the molecule is COc1cc(/C=C2/SC(=O)N(CC(=O)Nc3c(C)cccc3C)C2=O)ccc1C. The molecule has 150 valence electrons. The van der Waals surface area contributed by atoms with Gasteiger partial charge in [0.05, 0.1) is 12.0 Å². The zero-order valence-corrected chi connectivity index (χ0v) is 17.6. The van der Waals surface area contributed by atoms with Gasteiger partial charge in [-0.05, 0) is 66.9 Å². The summed E-state index contributed by atoms with van der Waals surface area (Å²) in [7, 11) is 1.58. The van der Waals surface area contributed by atoms with Crippen molar-refractivity contribution in [2.45, 2.75) is 20.8 Å². The van der Waals surface area contributed by atoms with Crippen LogP contribution in [0.2, 0.25) is 0 Å². The lowest BCUT2D eigenvalue weighted by molar-refractivity contribution is -0.127. The van der Waals surface area contributed by atoms with E-state index in [-0.39, 0.29) is 11.4 Å². The number of benzene rings is 2. The lowest BCUT2D eigenvalue weighted by Crippen LogP contribution is -2.36. The Morgan fingerprint density at radius 3 is 2.45 bits per heavy atom. The number of aryl methyl sites for hydroxylation is 3. The Balaban J connectivity index is 1.74. The Labute approximate surface area is 173 Å². The summed E-state index contributed by atoms with van der Waals surface area (Å²) in [6, 6.07) is 11.2. The van der Waals surface area contributed by atoms with E-state index in [4.69, 9.17) is 4.74 Å². The van der Waals surface area contributed by atoms with Gasteiger partial charge in [-0.3, -0.25) is 19.3 Å². The monoisotopic (exact) mass is 410 g/mol. The van der Waals surface area contributed by atoms with Crippen molar-refractivity contribution < 1.29 is 19.1 Å². The van der Waals surface area contributed by atoms with E-state index in [2.05, 4.69) is 5.32 Å². The minimum atomic E-state index is -0.476. The van der Waals surface area contributed by atoms with E-state index in [1.54, 1.807) is 19.3 Å². The molecule has 2 aromatic carbocycles. The summed E-state index contributed by atoms with van der Waals surface area (Å²) in [5.74, 6) is -0.190. The van der Waals surface area contributed by atoms with Gasteiger partial charge in [-0.25, -0.2) is 0 Å². The minimum absolute atomic E-state index is 0.278. The van der Waals surface area contributed by atoms with E-state index in [1.807, 2.05) is 51.1 Å². The maximum absolute atomic E-state index is 12.7. The molecule has 1 fully saturated rings. The predicted molar refractivity (Wildman–Crippen MR) is 115 cm³/mol. The summed E-state index contributed by atoms with van der Waals surface area (Å²) in [5.41, 5.74) is 4.26. The van der Waals surface area contributed by atoms with Gasteiger partial charge in [-0.1, -0.05) is 30.3 Å². The van der Waals surface area contributed by atoms with Gasteiger partial charge < -0.3 is 10.1 Å². The molecule has 0 saturated carbocycles. The van der Waals surface area contributed by atoms with E-state index >= 15 is 0 Å². The smallest absolute Gasteiger partial charge is 0.294 e. The van der Waals surface area contributed by atoms with Gasteiger partial charge in [0.1, 0.15) is 12.3 Å². The fraction of sp³-hybridized carbons (Fsp3) is 0.227. The van der Waals surface area contributed by atoms with Crippen LogP contribution in [0.4, 0.5) is 10.5 Å².